The topological polar surface area (TPSA) is 59.2 Å². The Balaban J connectivity index is 1.98. The van der Waals surface area contributed by atoms with Gasteiger partial charge in [-0.15, -0.1) is 0 Å². The second kappa shape index (κ2) is 4.12. The first-order valence-corrected chi connectivity index (χ1v) is 5.55. The number of nitrogens with zero attached hydrogens (tertiary/aromatic N) is 2. The van der Waals surface area contributed by atoms with Crippen LogP contribution in [0.15, 0.2) is 18.3 Å². The highest BCUT2D eigenvalue weighted by atomic mass is 16.2. The lowest BCUT2D eigenvalue weighted by molar-refractivity contribution is 0.0786. The highest BCUT2D eigenvalue weighted by Crippen LogP contribution is 2.38. The molecule has 0 radical (unpaired) electrons. The van der Waals surface area contributed by atoms with Gasteiger partial charge in [-0.3, -0.25) is 4.79 Å². The summed E-state index contributed by atoms with van der Waals surface area (Å²) in [5, 5.41) is 0. The van der Waals surface area contributed by atoms with Gasteiger partial charge in [-0.2, -0.15) is 0 Å². The summed E-state index contributed by atoms with van der Waals surface area (Å²) in [4.78, 5) is 17.7. The van der Waals surface area contributed by atoms with Crippen LogP contribution in [0.25, 0.3) is 0 Å². The fourth-order valence-electron chi connectivity index (χ4n) is 1.84. The SMILES string of the molecule is CC1CC1CN(C)C(=O)c1ccc(N)nc1. The van der Waals surface area contributed by atoms with Crippen molar-refractivity contribution in [3.63, 3.8) is 0 Å². The Kier molecular flexibility index (Phi) is 2.81. The smallest absolute Gasteiger partial charge is 0.255 e. The van der Waals surface area contributed by atoms with Gasteiger partial charge in [-0.1, -0.05) is 6.92 Å². The quantitative estimate of drug-likeness (QED) is 0.835. The first-order valence-electron chi connectivity index (χ1n) is 5.55. The van der Waals surface area contributed by atoms with Crippen LogP contribution in [0.5, 0.6) is 0 Å². The number of pyridine rings is 1. The highest BCUT2D eigenvalue weighted by Gasteiger charge is 2.34. The van der Waals surface area contributed by atoms with Gasteiger partial charge in [-0.05, 0) is 30.4 Å². The number of nitrogen functional groups attached to an aromatic ring is 1. The fourth-order valence-corrected chi connectivity index (χ4v) is 1.84. The van der Waals surface area contributed by atoms with Crippen LogP contribution in [0.4, 0.5) is 5.82 Å². The maximum absolute atomic E-state index is 12.0. The Labute approximate surface area is 95.5 Å². The molecular weight excluding hydrogens is 202 g/mol. The van der Waals surface area contributed by atoms with E-state index >= 15 is 0 Å². The molecule has 0 spiro atoms. The molecule has 1 aliphatic rings. The molecule has 2 rings (SSSR count). The van der Waals surface area contributed by atoms with E-state index in [1.165, 1.54) is 12.6 Å². The Morgan fingerprint density at radius 2 is 2.31 bits per heavy atom. The minimum atomic E-state index is 0.0200. The predicted molar refractivity (Wildman–Crippen MR) is 62.9 cm³/mol. The Morgan fingerprint density at radius 1 is 1.62 bits per heavy atom. The molecule has 2 N–H and O–H groups in total. The number of carbonyl (C=O) groups excluding carboxylic acids is 1. The zero-order chi connectivity index (χ0) is 11.7. The zero-order valence-corrected chi connectivity index (χ0v) is 9.68. The molecule has 4 heteroatoms. The van der Waals surface area contributed by atoms with Crippen LogP contribution in [0, 0.1) is 11.8 Å². The summed E-state index contributed by atoms with van der Waals surface area (Å²) >= 11 is 0. The van der Waals surface area contributed by atoms with Gasteiger partial charge in [0.1, 0.15) is 5.82 Å². The van der Waals surface area contributed by atoms with E-state index in [2.05, 4.69) is 11.9 Å². The van der Waals surface area contributed by atoms with Crippen molar-refractivity contribution in [2.45, 2.75) is 13.3 Å². The molecule has 86 valence electrons. The average Bonchev–Trinajstić information content (AvgIpc) is 2.94. The van der Waals surface area contributed by atoms with Gasteiger partial charge in [0.25, 0.3) is 5.91 Å². The summed E-state index contributed by atoms with van der Waals surface area (Å²) < 4.78 is 0. The van der Waals surface area contributed by atoms with Crippen LogP contribution in [-0.2, 0) is 0 Å². The number of anilines is 1. The first-order chi connectivity index (χ1) is 7.58. The lowest BCUT2D eigenvalue weighted by Gasteiger charge is -2.16. The standard InChI is InChI=1S/C12H17N3O/c1-8-5-10(8)7-15(2)12(16)9-3-4-11(13)14-6-9/h3-4,6,8,10H,5,7H2,1-2H3,(H2,13,14). The summed E-state index contributed by atoms with van der Waals surface area (Å²) in [5.41, 5.74) is 6.08. The Hall–Kier alpha value is -1.58. The van der Waals surface area contributed by atoms with E-state index in [0.717, 1.165) is 12.5 Å². The molecule has 1 aromatic rings. The van der Waals surface area contributed by atoms with Gasteiger partial charge < -0.3 is 10.6 Å². The maximum Gasteiger partial charge on any atom is 0.255 e. The van der Waals surface area contributed by atoms with Crippen LogP contribution >= 0.6 is 0 Å². The van der Waals surface area contributed by atoms with Crippen LogP contribution < -0.4 is 5.73 Å². The minimum absolute atomic E-state index is 0.0200. The average molecular weight is 219 g/mol. The van der Waals surface area contributed by atoms with Gasteiger partial charge in [0, 0.05) is 19.8 Å². The van der Waals surface area contributed by atoms with Crippen LogP contribution in [0.3, 0.4) is 0 Å². The number of carbonyl (C=O) groups is 1. The number of hydrogen-bond acceptors (Lipinski definition) is 3. The van der Waals surface area contributed by atoms with Crippen LogP contribution in [0.2, 0.25) is 0 Å². The first kappa shape index (κ1) is 10.9. The van der Waals surface area contributed by atoms with Crippen molar-refractivity contribution in [2.75, 3.05) is 19.3 Å². The summed E-state index contributed by atoms with van der Waals surface area (Å²) in [7, 11) is 1.84. The van der Waals surface area contributed by atoms with Crippen molar-refractivity contribution in [3.8, 4) is 0 Å². The molecule has 16 heavy (non-hydrogen) atoms. The molecule has 1 aliphatic carbocycles. The highest BCUT2D eigenvalue weighted by molar-refractivity contribution is 5.93. The van der Waals surface area contributed by atoms with Crippen molar-refractivity contribution in [1.29, 1.82) is 0 Å². The van der Waals surface area contributed by atoms with Crippen LogP contribution in [0.1, 0.15) is 23.7 Å². The summed E-state index contributed by atoms with van der Waals surface area (Å²) in [6.07, 6.45) is 2.77. The predicted octanol–water partition coefficient (Wildman–Crippen LogP) is 1.39. The summed E-state index contributed by atoms with van der Waals surface area (Å²) in [6.45, 7) is 3.05. The van der Waals surface area contributed by atoms with Gasteiger partial charge >= 0.3 is 0 Å². The van der Waals surface area contributed by atoms with E-state index in [1.54, 1.807) is 17.0 Å². The third-order valence-electron chi connectivity index (χ3n) is 3.16. The summed E-state index contributed by atoms with van der Waals surface area (Å²) in [5.74, 6) is 1.90. The van der Waals surface area contributed by atoms with E-state index in [1.807, 2.05) is 7.05 Å². The molecule has 1 heterocycles. The summed E-state index contributed by atoms with van der Waals surface area (Å²) in [6, 6.07) is 3.37. The molecule has 0 bridgehead atoms. The molecule has 4 nitrogen and oxygen atoms in total. The molecule has 0 saturated heterocycles. The van der Waals surface area contributed by atoms with Gasteiger partial charge in [0.05, 0.1) is 5.56 Å². The normalized spacial score (nSPS) is 22.9. The molecule has 2 atom stereocenters. The maximum atomic E-state index is 12.0. The second-order valence-corrected chi connectivity index (χ2v) is 4.63. The van der Waals surface area contributed by atoms with Crippen molar-refractivity contribution in [1.82, 2.24) is 9.88 Å². The molecule has 0 aliphatic heterocycles. The third kappa shape index (κ3) is 2.32. The Morgan fingerprint density at radius 3 is 2.81 bits per heavy atom. The molecule has 0 aromatic carbocycles. The number of nitrogens with two attached hydrogens (primary N) is 1. The molecular formula is C12H17N3O. The molecule has 1 amide bonds. The van der Waals surface area contributed by atoms with Crippen molar-refractivity contribution >= 4 is 11.7 Å². The van der Waals surface area contributed by atoms with Crippen LogP contribution in [-0.4, -0.2) is 29.4 Å². The number of hydrogen-bond donors (Lipinski definition) is 1. The zero-order valence-electron chi connectivity index (χ0n) is 9.68. The fraction of sp³-hybridized carbons (Fsp3) is 0.500. The van der Waals surface area contributed by atoms with E-state index in [-0.39, 0.29) is 5.91 Å². The van der Waals surface area contributed by atoms with E-state index in [9.17, 15) is 4.79 Å². The lowest BCUT2D eigenvalue weighted by atomic mass is 10.2. The number of rotatable bonds is 3. The van der Waals surface area contributed by atoms with Crippen molar-refractivity contribution in [2.24, 2.45) is 11.8 Å². The van der Waals surface area contributed by atoms with E-state index < -0.39 is 0 Å². The monoisotopic (exact) mass is 219 g/mol. The van der Waals surface area contributed by atoms with E-state index in [0.29, 0.717) is 17.3 Å². The molecule has 2 unspecified atom stereocenters. The van der Waals surface area contributed by atoms with E-state index in [4.69, 9.17) is 5.73 Å². The lowest BCUT2D eigenvalue weighted by Crippen LogP contribution is -2.29. The molecule has 1 fully saturated rings. The largest absolute Gasteiger partial charge is 0.384 e. The van der Waals surface area contributed by atoms with Crippen molar-refractivity contribution < 1.29 is 4.79 Å². The number of aromatic nitrogens is 1. The number of amides is 1. The van der Waals surface area contributed by atoms with Gasteiger partial charge in [0.15, 0.2) is 0 Å². The third-order valence-corrected chi connectivity index (χ3v) is 3.16. The van der Waals surface area contributed by atoms with Gasteiger partial charge in [0.2, 0.25) is 0 Å². The van der Waals surface area contributed by atoms with Crippen molar-refractivity contribution in [3.05, 3.63) is 23.9 Å². The second-order valence-electron chi connectivity index (χ2n) is 4.63. The Bertz CT molecular complexity index is 388. The molecule has 1 aromatic heterocycles. The van der Waals surface area contributed by atoms with Gasteiger partial charge in [-0.25, -0.2) is 4.98 Å². The molecule has 1 saturated carbocycles. The minimum Gasteiger partial charge on any atom is -0.384 e.